The molecule has 0 saturated carbocycles. The number of nitrogens with zero attached hydrogens (tertiary/aromatic N) is 2. The molecule has 3 rings (SSSR count). The smallest absolute Gasteiger partial charge is 0.251 e. The summed E-state index contributed by atoms with van der Waals surface area (Å²) in [6.45, 7) is 8.39. The van der Waals surface area contributed by atoms with Gasteiger partial charge in [0.25, 0.3) is 5.91 Å². The lowest BCUT2D eigenvalue weighted by molar-refractivity contribution is 0.0955. The summed E-state index contributed by atoms with van der Waals surface area (Å²) in [5.41, 5.74) is 2.37. The van der Waals surface area contributed by atoms with Crippen LogP contribution in [0, 0.1) is 11.7 Å². The Labute approximate surface area is 171 Å². The fraction of sp³-hybridized carbons (Fsp3) is 0.455. The second kappa shape index (κ2) is 8.78. The number of anilines is 2. The Morgan fingerprint density at radius 3 is 2.66 bits per heavy atom. The van der Waals surface area contributed by atoms with Crippen LogP contribution in [0.1, 0.15) is 56.1 Å². The Balaban J connectivity index is 2.08. The molecule has 1 aromatic heterocycles. The Kier molecular flexibility index (Phi) is 6.37. The molecule has 0 aliphatic carbocycles. The monoisotopic (exact) mass is 400 g/mol. The lowest BCUT2D eigenvalue weighted by Crippen LogP contribution is -2.51. The van der Waals surface area contributed by atoms with Crippen molar-refractivity contribution in [3.63, 3.8) is 0 Å². The van der Waals surface area contributed by atoms with E-state index in [-0.39, 0.29) is 23.9 Å². The number of pyridine rings is 1. The summed E-state index contributed by atoms with van der Waals surface area (Å²) in [6, 6.07) is 8.49. The number of aliphatic hydroxyl groups is 1. The molecular weight excluding hydrogens is 371 g/mol. The lowest BCUT2D eigenvalue weighted by atomic mass is 9.80. The predicted octanol–water partition coefficient (Wildman–Crippen LogP) is 3.70. The van der Waals surface area contributed by atoms with Crippen molar-refractivity contribution in [1.29, 1.82) is 0 Å². The van der Waals surface area contributed by atoms with Gasteiger partial charge in [0.1, 0.15) is 17.9 Å². The number of carbonyl (C=O) groups is 1. The molecule has 0 saturated heterocycles. The van der Waals surface area contributed by atoms with Crippen LogP contribution in [0.25, 0.3) is 0 Å². The zero-order chi connectivity index (χ0) is 21.1. The van der Waals surface area contributed by atoms with Gasteiger partial charge in [0.05, 0.1) is 12.2 Å². The molecule has 0 radical (unpaired) electrons. The van der Waals surface area contributed by atoms with Crippen molar-refractivity contribution in [3.8, 4) is 0 Å². The van der Waals surface area contributed by atoms with Crippen LogP contribution >= 0.6 is 0 Å². The first-order valence-electron chi connectivity index (χ1n) is 10.1. The average molecular weight is 400 g/mol. The molecule has 7 heteroatoms. The number of rotatable bonds is 6. The highest BCUT2D eigenvalue weighted by molar-refractivity contribution is 5.95. The number of aliphatic hydroxyl groups excluding tert-OH is 1. The Morgan fingerprint density at radius 2 is 2.07 bits per heavy atom. The Hall–Kier alpha value is -2.67. The second-order valence-electron chi connectivity index (χ2n) is 7.49. The van der Waals surface area contributed by atoms with E-state index in [0.717, 1.165) is 17.7 Å². The van der Waals surface area contributed by atoms with E-state index in [1.54, 1.807) is 19.1 Å². The Bertz CT molecular complexity index is 856. The first-order valence-corrected chi connectivity index (χ1v) is 10.1. The molecule has 1 unspecified atom stereocenters. The standard InChI is InChI=1S/C22H29FN4O2/c1-5-18-13(3)21(26-20-10-8-16(23)12-25-20)17-11-15(22(29)24-6-2)7-9-19(17)27(18)14(4)28/h7-14,18,21,28H,5-6H2,1-4H3,(H,24,29)(H,25,26)/t13-,14?,18-,21+/m0/s1. The summed E-state index contributed by atoms with van der Waals surface area (Å²) in [5.74, 6) is 0.150. The van der Waals surface area contributed by atoms with Gasteiger partial charge in [-0.05, 0) is 56.2 Å². The van der Waals surface area contributed by atoms with Crippen molar-refractivity contribution in [2.75, 3.05) is 16.8 Å². The largest absolute Gasteiger partial charge is 0.374 e. The molecule has 0 bridgehead atoms. The first-order chi connectivity index (χ1) is 13.9. The van der Waals surface area contributed by atoms with Gasteiger partial charge < -0.3 is 20.6 Å². The number of benzene rings is 1. The minimum absolute atomic E-state index is 0.0933. The molecule has 29 heavy (non-hydrogen) atoms. The Morgan fingerprint density at radius 1 is 1.31 bits per heavy atom. The molecule has 0 spiro atoms. The van der Waals surface area contributed by atoms with E-state index in [0.29, 0.717) is 17.9 Å². The van der Waals surface area contributed by atoms with Crippen LogP contribution in [0.15, 0.2) is 36.5 Å². The van der Waals surface area contributed by atoms with Crippen molar-refractivity contribution >= 4 is 17.4 Å². The van der Waals surface area contributed by atoms with Crippen molar-refractivity contribution in [2.24, 2.45) is 5.92 Å². The third kappa shape index (κ3) is 4.19. The molecule has 2 aromatic rings. The summed E-state index contributed by atoms with van der Waals surface area (Å²) < 4.78 is 13.3. The number of fused-ring (bicyclic) bond motifs is 1. The molecule has 1 amide bonds. The van der Waals surface area contributed by atoms with Crippen LogP contribution in [0.4, 0.5) is 15.9 Å². The van der Waals surface area contributed by atoms with E-state index < -0.39 is 12.0 Å². The van der Waals surface area contributed by atoms with Crippen LogP contribution in [-0.4, -0.2) is 34.8 Å². The van der Waals surface area contributed by atoms with E-state index >= 15 is 0 Å². The first kappa shape index (κ1) is 21.0. The molecule has 0 fully saturated rings. The highest BCUT2D eigenvalue weighted by atomic mass is 19.1. The molecule has 2 heterocycles. The summed E-state index contributed by atoms with van der Waals surface area (Å²) in [4.78, 5) is 18.6. The maximum Gasteiger partial charge on any atom is 0.251 e. The third-order valence-electron chi connectivity index (χ3n) is 5.58. The number of amides is 1. The molecule has 4 atom stereocenters. The molecule has 6 nitrogen and oxygen atoms in total. The van der Waals surface area contributed by atoms with Gasteiger partial charge in [-0.25, -0.2) is 9.37 Å². The van der Waals surface area contributed by atoms with Crippen LogP contribution in [0.3, 0.4) is 0 Å². The highest BCUT2D eigenvalue weighted by Gasteiger charge is 2.39. The number of hydrogen-bond donors (Lipinski definition) is 3. The number of hydrogen-bond acceptors (Lipinski definition) is 5. The SMILES string of the molecule is CCNC(=O)c1ccc2c(c1)[C@H](Nc1ccc(F)cn1)[C@@H](C)[C@H](CC)N2C(C)O. The molecular formula is C22H29FN4O2. The molecule has 1 aliphatic rings. The van der Waals surface area contributed by atoms with Crippen molar-refractivity contribution in [2.45, 2.75) is 52.4 Å². The van der Waals surface area contributed by atoms with Crippen LogP contribution in [0.2, 0.25) is 0 Å². The van der Waals surface area contributed by atoms with Gasteiger partial charge in [-0.3, -0.25) is 4.79 Å². The molecule has 1 aliphatic heterocycles. The summed E-state index contributed by atoms with van der Waals surface area (Å²) in [6.07, 6.45) is 1.36. The van der Waals surface area contributed by atoms with E-state index in [1.165, 1.54) is 12.3 Å². The maximum absolute atomic E-state index is 13.3. The second-order valence-corrected chi connectivity index (χ2v) is 7.49. The van der Waals surface area contributed by atoms with Gasteiger partial charge >= 0.3 is 0 Å². The van der Waals surface area contributed by atoms with Crippen LogP contribution < -0.4 is 15.5 Å². The fourth-order valence-corrected chi connectivity index (χ4v) is 4.26. The van der Waals surface area contributed by atoms with Gasteiger partial charge in [-0.2, -0.15) is 0 Å². The van der Waals surface area contributed by atoms with Gasteiger partial charge in [0.15, 0.2) is 0 Å². The summed E-state index contributed by atoms with van der Waals surface area (Å²) in [5, 5.41) is 16.7. The van der Waals surface area contributed by atoms with E-state index in [2.05, 4.69) is 29.5 Å². The molecule has 3 N–H and O–H groups in total. The van der Waals surface area contributed by atoms with E-state index in [4.69, 9.17) is 0 Å². The van der Waals surface area contributed by atoms with Gasteiger partial charge in [0.2, 0.25) is 0 Å². The lowest BCUT2D eigenvalue weighted by Gasteiger charge is -2.48. The molecule has 1 aromatic carbocycles. The van der Waals surface area contributed by atoms with E-state index in [1.807, 2.05) is 24.0 Å². The quantitative estimate of drug-likeness (QED) is 0.689. The third-order valence-corrected chi connectivity index (χ3v) is 5.58. The predicted molar refractivity (Wildman–Crippen MR) is 112 cm³/mol. The zero-order valence-corrected chi connectivity index (χ0v) is 17.3. The number of carbonyl (C=O) groups excluding carboxylic acids is 1. The van der Waals surface area contributed by atoms with Crippen molar-refractivity contribution < 1.29 is 14.3 Å². The average Bonchev–Trinajstić information content (AvgIpc) is 2.70. The fourth-order valence-electron chi connectivity index (χ4n) is 4.26. The van der Waals surface area contributed by atoms with Gasteiger partial charge in [-0.15, -0.1) is 0 Å². The topological polar surface area (TPSA) is 77.5 Å². The highest BCUT2D eigenvalue weighted by Crippen LogP contribution is 2.44. The minimum Gasteiger partial charge on any atom is -0.374 e. The number of halogens is 1. The zero-order valence-electron chi connectivity index (χ0n) is 17.3. The molecule has 156 valence electrons. The van der Waals surface area contributed by atoms with E-state index in [9.17, 15) is 14.3 Å². The number of aromatic nitrogens is 1. The number of nitrogens with one attached hydrogen (secondary N) is 2. The summed E-state index contributed by atoms with van der Waals surface area (Å²) >= 11 is 0. The maximum atomic E-state index is 13.3. The van der Waals surface area contributed by atoms with Gasteiger partial charge in [0, 0.05) is 29.8 Å². The van der Waals surface area contributed by atoms with Crippen LogP contribution in [0.5, 0.6) is 0 Å². The van der Waals surface area contributed by atoms with Crippen molar-refractivity contribution in [3.05, 3.63) is 53.5 Å². The van der Waals surface area contributed by atoms with Gasteiger partial charge in [-0.1, -0.05) is 13.8 Å². The van der Waals surface area contributed by atoms with Crippen LogP contribution in [-0.2, 0) is 0 Å². The minimum atomic E-state index is -0.665. The van der Waals surface area contributed by atoms with Crippen molar-refractivity contribution in [1.82, 2.24) is 10.3 Å². The normalized spacial score (nSPS) is 22.0. The summed E-state index contributed by atoms with van der Waals surface area (Å²) in [7, 11) is 0.